The Morgan fingerprint density at radius 1 is 0.846 bits per heavy atom. The lowest BCUT2D eigenvalue weighted by Crippen LogP contribution is -2.29. The summed E-state index contributed by atoms with van der Waals surface area (Å²) in [6.07, 6.45) is 0.637. The predicted molar refractivity (Wildman–Crippen MR) is 108 cm³/mol. The summed E-state index contributed by atoms with van der Waals surface area (Å²) < 4.78 is 1.01. The normalized spacial score (nSPS) is 16.7. The van der Waals surface area contributed by atoms with E-state index in [0.717, 1.165) is 27.0 Å². The van der Waals surface area contributed by atoms with Crippen LogP contribution in [0.3, 0.4) is 0 Å². The molecule has 4 heteroatoms. The molecule has 0 radical (unpaired) electrons. The van der Waals surface area contributed by atoms with Crippen LogP contribution in [0.1, 0.15) is 11.1 Å². The molecule has 0 fully saturated rings. The van der Waals surface area contributed by atoms with Gasteiger partial charge in [0, 0.05) is 4.47 Å². The zero-order valence-corrected chi connectivity index (χ0v) is 15.6. The first kappa shape index (κ1) is 16.7. The van der Waals surface area contributed by atoms with Crippen molar-refractivity contribution in [1.82, 2.24) is 0 Å². The van der Waals surface area contributed by atoms with Crippen LogP contribution in [0.2, 0.25) is 0 Å². The summed E-state index contributed by atoms with van der Waals surface area (Å²) in [5, 5.41) is 6.23. The number of hydrogen-bond acceptors (Lipinski definition) is 2. The van der Waals surface area contributed by atoms with E-state index >= 15 is 0 Å². The monoisotopic (exact) mass is 404 g/mol. The quantitative estimate of drug-likeness (QED) is 0.597. The Labute approximate surface area is 161 Å². The summed E-state index contributed by atoms with van der Waals surface area (Å²) in [5.74, 6) is -0.281. The molecule has 3 nitrogen and oxygen atoms in total. The van der Waals surface area contributed by atoms with Crippen LogP contribution < -0.4 is 5.01 Å². The molecule has 1 aliphatic heterocycles. The summed E-state index contributed by atoms with van der Waals surface area (Å²) in [7, 11) is 0. The SMILES string of the molecule is O=C1C(Cc2ccccc2)C(c2ccc(Br)cc2)=NN1c1ccccc1. The van der Waals surface area contributed by atoms with E-state index in [1.54, 1.807) is 0 Å². The molecule has 0 N–H and O–H groups in total. The minimum absolute atomic E-state index is 0.0120. The lowest BCUT2D eigenvalue weighted by Gasteiger charge is -2.14. The third kappa shape index (κ3) is 3.33. The number of amides is 1. The van der Waals surface area contributed by atoms with Crippen LogP contribution in [-0.4, -0.2) is 11.6 Å². The summed E-state index contributed by atoms with van der Waals surface area (Å²) >= 11 is 3.47. The van der Waals surface area contributed by atoms with E-state index in [0.29, 0.717) is 6.42 Å². The Balaban J connectivity index is 1.74. The van der Waals surface area contributed by atoms with Crippen molar-refractivity contribution < 1.29 is 4.79 Å². The van der Waals surface area contributed by atoms with Gasteiger partial charge in [0.1, 0.15) is 0 Å². The van der Waals surface area contributed by atoms with Crippen molar-refractivity contribution in [3.05, 3.63) is 101 Å². The van der Waals surface area contributed by atoms with Gasteiger partial charge in [-0.15, -0.1) is 0 Å². The number of halogens is 1. The van der Waals surface area contributed by atoms with Crippen LogP contribution in [0.15, 0.2) is 94.5 Å². The van der Waals surface area contributed by atoms with Gasteiger partial charge in [0.15, 0.2) is 0 Å². The third-order valence-corrected chi connectivity index (χ3v) is 5.00. The summed E-state index contributed by atoms with van der Waals surface area (Å²) in [6.45, 7) is 0. The smallest absolute Gasteiger partial charge is 0.256 e. The van der Waals surface area contributed by atoms with Gasteiger partial charge in [0.05, 0.1) is 17.3 Å². The number of nitrogens with zero attached hydrogens (tertiary/aromatic N) is 2. The van der Waals surface area contributed by atoms with Crippen molar-refractivity contribution in [2.45, 2.75) is 6.42 Å². The number of benzene rings is 3. The molecule has 0 saturated heterocycles. The summed E-state index contributed by atoms with van der Waals surface area (Å²) in [6, 6.07) is 27.6. The molecule has 26 heavy (non-hydrogen) atoms. The number of hydrazone groups is 1. The van der Waals surface area contributed by atoms with E-state index < -0.39 is 0 Å². The van der Waals surface area contributed by atoms with Gasteiger partial charge in [-0.25, -0.2) is 0 Å². The zero-order valence-electron chi connectivity index (χ0n) is 14.0. The van der Waals surface area contributed by atoms with Crippen molar-refractivity contribution in [3.8, 4) is 0 Å². The number of carbonyl (C=O) groups excluding carboxylic acids is 1. The Kier molecular flexibility index (Phi) is 4.67. The van der Waals surface area contributed by atoms with Crippen LogP contribution in [0, 0.1) is 5.92 Å². The van der Waals surface area contributed by atoms with Crippen LogP contribution in [0.5, 0.6) is 0 Å². The van der Waals surface area contributed by atoms with Gasteiger partial charge in [-0.2, -0.15) is 10.1 Å². The van der Waals surface area contributed by atoms with Crippen molar-refractivity contribution in [2.75, 3.05) is 5.01 Å². The van der Waals surface area contributed by atoms with Crippen LogP contribution in [0.25, 0.3) is 0 Å². The maximum Gasteiger partial charge on any atom is 0.256 e. The Hall–Kier alpha value is -2.72. The minimum Gasteiger partial charge on any atom is -0.272 e. The minimum atomic E-state index is -0.293. The highest BCUT2D eigenvalue weighted by Gasteiger charge is 2.37. The van der Waals surface area contributed by atoms with Gasteiger partial charge < -0.3 is 0 Å². The average molecular weight is 405 g/mol. The maximum atomic E-state index is 13.2. The molecule has 1 atom stereocenters. The van der Waals surface area contributed by atoms with Crippen LogP contribution in [0.4, 0.5) is 5.69 Å². The number of rotatable bonds is 4. The highest BCUT2D eigenvalue weighted by molar-refractivity contribution is 9.10. The van der Waals surface area contributed by atoms with Gasteiger partial charge in [-0.1, -0.05) is 76.6 Å². The van der Waals surface area contributed by atoms with Gasteiger partial charge >= 0.3 is 0 Å². The molecular weight excluding hydrogens is 388 g/mol. The van der Waals surface area contributed by atoms with E-state index in [9.17, 15) is 4.79 Å². The topological polar surface area (TPSA) is 32.7 Å². The first-order chi connectivity index (χ1) is 12.7. The van der Waals surface area contributed by atoms with Crippen molar-refractivity contribution in [2.24, 2.45) is 11.0 Å². The molecule has 0 spiro atoms. The highest BCUT2D eigenvalue weighted by Crippen LogP contribution is 2.29. The lowest BCUT2D eigenvalue weighted by molar-refractivity contribution is -0.119. The second kappa shape index (κ2) is 7.26. The third-order valence-electron chi connectivity index (χ3n) is 4.47. The van der Waals surface area contributed by atoms with Gasteiger partial charge in [-0.3, -0.25) is 4.79 Å². The molecule has 0 bridgehead atoms. The van der Waals surface area contributed by atoms with E-state index in [-0.39, 0.29) is 11.8 Å². The number of para-hydroxylation sites is 1. The number of hydrogen-bond donors (Lipinski definition) is 0. The molecule has 4 rings (SSSR count). The molecule has 1 amide bonds. The Morgan fingerprint density at radius 2 is 1.46 bits per heavy atom. The van der Waals surface area contributed by atoms with Gasteiger partial charge in [0.25, 0.3) is 5.91 Å². The molecule has 0 aromatic heterocycles. The lowest BCUT2D eigenvalue weighted by atomic mass is 9.90. The highest BCUT2D eigenvalue weighted by atomic mass is 79.9. The first-order valence-corrected chi connectivity index (χ1v) is 9.29. The number of anilines is 1. The van der Waals surface area contributed by atoms with Crippen LogP contribution in [-0.2, 0) is 11.2 Å². The molecule has 3 aromatic rings. The van der Waals surface area contributed by atoms with E-state index in [1.165, 1.54) is 5.01 Å². The van der Waals surface area contributed by atoms with Crippen molar-refractivity contribution >= 4 is 33.2 Å². The van der Waals surface area contributed by atoms with Crippen molar-refractivity contribution in [1.29, 1.82) is 0 Å². The largest absolute Gasteiger partial charge is 0.272 e. The predicted octanol–water partition coefficient (Wildman–Crippen LogP) is 5.06. The number of carbonyl (C=O) groups is 1. The standard InChI is InChI=1S/C22H17BrN2O/c23-18-13-11-17(12-14-18)21-20(15-16-7-3-1-4-8-16)22(26)25(24-21)19-9-5-2-6-10-19/h1-14,20H,15H2. The fourth-order valence-electron chi connectivity index (χ4n) is 3.16. The van der Waals surface area contributed by atoms with E-state index in [4.69, 9.17) is 5.10 Å². The maximum absolute atomic E-state index is 13.2. The molecule has 1 aliphatic rings. The molecule has 1 heterocycles. The molecule has 128 valence electrons. The second-order valence-electron chi connectivity index (χ2n) is 6.22. The average Bonchev–Trinajstić information content (AvgIpc) is 3.00. The van der Waals surface area contributed by atoms with E-state index in [2.05, 4.69) is 28.1 Å². The van der Waals surface area contributed by atoms with Crippen LogP contribution >= 0.6 is 15.9 Å². The second-order valence-corrected chi connectivity index (χ2v) is 7.14. The fourth-order valence-corrected chi connectivity index (χ4v) is 3.42. The summed E-state index contributed by atoms with van der Waals surface area (Å²) in [4.78, 5) is 13.2. The molecule has 3 aromatic carbocycles. The van der Waals surface area contributed by atoms with Gasteiger partial charge in [0.2, 0.25) is 0 Å². The first-order valence-electron chi connectivity index (χ1n) is 8.50. The summed E-state index contributed by atoms with van der Waals surface area (Å²) in [5.41, 5.74) is 3.71. The fraction of sp³-hybridized carbons (Fsp3) is 0.0909. The van der Waals surface area contributed by atoms with E-state index in [1.807, 2.05) is 72.8 Å². The molecule has 1 unspecified atom stereocenters. The Morgan fingerprint density at radius 3 is 2.12 bits per heavy atom. The molecule has 0 aliphatic carbocycles. The Bertz CT molecular complexity index is 937. The zero-order chi connectivity index (χ0) is 17.9. The molecule has 0 saturated carbocycles. The molecular formula is C22H17BrN2O. The van der Waals surface area contributed by atoms with Crippen molar-refractivity contribution in [3.63, 3.8) is 0 Å². The van der Waals surface area contributed by atoms with Gasteiger partial charge in [-0.05, 0) is 41.8 Å².